The molecule has 0 spiro atoms. The molecule has 3 nitrogen and oxygen atoms in total. The fourth-order valence-electron chi connectivity index (χ4n) is 1.84. The Morgan fingerprint density at radius 1 is 1.40 bits per heavy atom. The van der Waals surface area contributed by atoms with Gasteiger partial charge in [0.25, 0.3) is 0 Å². The van der Waals surface area contributed by atoms with Crippen LogP contribution >= 0.6 is 9.24 Å². The van der Waals surface area contributed by atoms with Crippen molar-refractivity contribution < 1.29 is 0 Å². The lowest BCUT2D eigenvalue weighted by Crippen LogP contribution is -2.50. The van der Waals surface area contributed by atoms with Gasteiger partial charge >= 0.3 is 0 Å². The monoisotopic (exact) mass is 223 g/mol. The number of piperazine rings is 1. The molecule has 2 heterocycles. The van der Waals surface area contributed by atoms with Crippen molar-refractivity contribution in [2.45, 2.75) is 13.0 Å². The number of anilines is 1. The van der Waals surface area contributed by atoms with Gasteiger partial charge in [-0.15, -0.1) is 9.24 Å². The molecule has 2 atom stereocenters. The van der Waals surface area contributed by atoms with Crippen molar-refractivity contribution in [2.75, 3.05) is 31.6 Å². The van der Waals surface area contributed by atoms with Crippen LogP contribution in [0.5, 0.6) is 0 Å². The number of likely N-dealkylation sites (N-methyl/N-ethyl adjacent to an activating group) is 1. The first-order valence-electron chi connectivity index (χ1n) is 5.33. The molecule has 4 heteroatoms. The first kappa shape index (κ1) is 10.8. The highest BCUT2D eigenvalue weighted by atomic mass is 31.0. The summed E-state index contributed by atoms with van der Waals surface area (Å²) in [6.07, 6.45) is 1.91. The number of aromatic nitrogens is 1. The maximum absolute atomic E-state index is 4.45. The van der Waals surface area contributed by atoms with Crippen LogP contribution in [0, 0.1) is 0 Å². The zero-order valence-corrected chi connectivity index (χ0v) is 10.5. The number of nitrogens with zero attached hydrogens (tertiary/aromatic N) is 3. The lowest BCUT2D eigenvalue weighted by Gasteiger charge is -2.38. The maximum atomic E-state index is 4.45. The lowest BCUT2D eigenvalue weighted by atomic mass is 10.2. The van der Waals surface area contributed by atoms with E-state index < -0.39 is 0 Å². The Hall–Kier alpha value is -0.660. The Bertz CT molecular complexity index is 325. The van der Waals surface area contributed by atoms with Gasteiger partial charge in [-0.05, 0) is 31.4 Å². The van der Waals surface area contributed by atoms with Gasteiger partial charge < -0.3 is 9.80 Å². The Balaban J connectivity index is 2.08. The van der Waals surface area contributed by atoms with Crippen LogP contribution in [0.1, 0.15) is 6.92 Å². The van der Waals surface area contributed by atoms with E-state index in [0.717, 1.165) is 30.8 Å². The summed E-state index contributed by atoms with van der Waals surface area (Å²) in [7, 11) is 4.85. The molecule has 1 fully saturated rings. The second-order valence-corrected chi connectivity index (χ2v) is 4.89. The fraction of sp³-hybridized carbons (Fsp3) is 0.545. The van der Waals surface area contributed by atoms with Gasteiger partial charge in [-0.1, -0.05) is 0 Å². The van der Waals surface area contributed by atoms with Crippen LogP contribution in [0.2, 0.25) is 0 Å². The van der Waals surface area contributed by atoms with Crippen LogP contribution in [0.3, 0.4) is 0 Å². The highest BCUT2D eigenvalue weighted by Gasteiger charge is 2.21. The largest absolute Gasteiger partial charge is 0.354 e. The molecule has 1 aliphatic heterocycles. The van der Waals surface area contributed by atoms with E-state index in [1.54, 1.807) is 0 Å². The van der Waals surface area contributed by atoms with Crippen LogP contribution in [0.4, 0.5) is 5.82 Å². The summed E-state index contributed by atoms with van der Waals surface area (Å²) in [5.74, 6) is 1.10. The van der Waals surface area contributed by atoms with E-state index in [2.05, 4.69) is 50.1 Å². The van der Waals surface area contributed by atoms with E-state index in [9.17, 15) is 0 Å². The van der Waals surface area contributed by atoms with E-state index in [0.29, 0.717) is 6.04 Å². The topological polar surface area (TPSA) is 19.4 Å². The van der Waals surface area contributed by atoms with Crippen molar-refractivity contribution in [3.05, 3.63) is 18.3 Å². The van der Waals surface area contributed by atoms with E-state index in [4.69, 9.17) is 0 Å². The zero-order valence-electron chi connectivity index (χ0n) is 9.35. The molecule has 1 saturated heterocycles. The van der Waals surface area contributed by atoms with Gasteiger partial charge in [0.1, 0.15) is 5.82 Å². The summed E-state index contributed by atoms with van der Waals surface area (Å²) in [5.41, 5.74) is 0. The smallest absolute Gasteiger partial charge is 0.128 e. The summed E-state index contributed by atoms with van der Waals surface area (Å²) >= 11 is 0. The summed E-state index contributed by atoms with van der Waals surface area (Å²) in [5, 5.41) is 1.14. The van der Waals surface area contributed by atoms with E-state index >= 15 is 0 Å². The van der Waals surface area contributed by atoms with Crippen molar-refractivity contribution in [2.24, 2.45) is 0 Å². The first-order valence-corrected chi connectivity index (χ1v) is 5.91. The molecule has 0 saturated carbocycles. The summed E-state index contributed by atoms with van der Waals surface area (Å²) in [4.78, 5) is 9.19. The molecule has 0 N–H and O–H groups in total. The van der Waals surface area contributed by atoms with Crippen LogP contribution in [0.25, 0.3) is 0 Å². The molecule has 0 aliphatic carbocycles. The predicted molar refractivity (Wildman–Crippen MR) is 67.9 cm³/mol. The lowest BCUT2D eigenvalue weighted by molar-refractivity contribution is 0.233. The van der Waals surface area contributed by atoms with E-state index in [1.807, 2.05) is 6.20 Å². The van der Waals surface area contributed by atoms with Gasteiger partial charge in [-0.3, -0.25) is 0 Å². The average molecular weight is 223 g/mol. The third-order valence-corrected chi connectivity index (χ3v) is 3.40. The normalized spacial score (nSPS) is 23.1. The van der Waals surface area contributed by atoms with Crippen LogP contribution < -0.4 is 10.2 Å². The third kappa shape index (κ3) is 2.47. The molecule has 0 radical (unpaired) electrons. The molecule has 2 rings (SSSR count). The van der Waals surface area contributed by atoms with Gasteiger partial charge in [-0.25, -0.2) is 4.98 Å². The minimum absolute atomic E-state index is 0.608. The molecule has 2 unspecified atom stereocenters. The molecule has 1 aromatic heterocycles. The summed E-state index contributed by atoms with van der Waals surface area (Å²) < 4.78 is 0. The molecule has 0 bridgehead atoms. The van der Waals surface area contributed by atoms with E-state index in [-0.39, 0.29) is 0 Å². The number of hydrogen-bond donors (Lipinski definition) is 0. The van der Waals surface area contributed by atoms with Gasteiger partial charge in [0.2, 0.25) is 0 Å². The van der Waals surface area contributed by atoms with Crippen LogP contribution in [0.15, 0.2) is 18.3 Å². The Labute approximate surface area is 93.7 Å². The van der Waals surface area contributed by atoms with Crippen molar-refractivity contribution in [1.82, 2.24) is 9.88 Å². The minimum atomic E-state index is 0.608. The second kappa shape index (κ2) is 4.46. The molecule has 15 heavy (non-hydrogen) atoms. The van der Waals surface area contributed by atoms with Gasteiger partial charge in [0, 0.05) is 31.9 Å². The van der Waals surface area contributed by atoms with Crippen LogP contribution in [-0.2, 0) is 0 Å². The van der Waals surface area contributed by atoms with E-state index in [1.165, 1.54) is 0 Å². The Morgan fingerprint density at radius 2 is 2.20 bits per heavy atom. The number of hydrogen-bond acceptors (Lipinski definition) is 3. The van der Waals surface area contributed by atoms with Gasteiger partial charge in [0.15, 0.2) is 0 Å². The highest BCUT2D eigenvalue weighted by Crippen LogP contribution is 2.14. The highest BCUT2D eigenvalue weighted by molar-refractivity contribution is 7.27. The second-order valence-electron chi connectivity index (χ2n) is 4.23. The third-order valence-electron chi connectivity index (χ3n) is 3.05. The quantitative estimate of drug-likeness (QED) is 0.654. The zero-order chi connectivity index (χ0) is 10.8. The molecular weight excluding hydrogens is 205 g/mol. The fourth-order valence-corrected chi connectivity index (χ4v) is 2.01. The number of rotatable bonds is 1. The van der Waals surface area contributed by atoms with Crippen molar-refractivity contribution >= 4 is 20.4 Å². The van der Waals surface area contributed by atoms with Gasteiger partial charge in [0.05, 0.1) is 0 Å². The van der Waals surface area contributed by atoms with Crippen molar-refractivity contribution in [1.29, 1.82) is 0 Å². The SMILES string of the molecule is CC1CN(c2ccc(P)cn2)CCN1C. The predicted octanol–water partition coefficient (Wildman–Crippen LogP) is 0.722. The average Bonchev–Trinajstić information content (AvgIpc) is 2.23. The van der Waals surface area contributed by atoms with Gasteiger partial charge in [-0.2, -0.15) is 0 Å². The number of pyridine rings is 1. The first-order chi connectivity index (χ1) is 7.16. The molecule has 82 valence electrons. The molecule has 1 aliphatic rings. The standard InChI is InChI=1S/C11H18N3P/c1-9-8-14(6-5-13(9)2)11-4-3-10(15)7-12-11/h3-4,7,9H,5-6,8,15H2,1-2H3. The minimum Gasteiger partial charge on any atom is -0.354 e. The van der Waals surface area contributed by atoms with Crippen molar-refractivity contribution in [3.8, 4) is 0 Å². The van der Waals surface area contributed by atoms with Crippen molar-refractivity contribution in [3.63, 3.8) is 0 Å². The molecule has 0 aromatic carbocycles. The Morgan fingerprint density at radius 3 is 2.80 bits per heavy atom. The molecule has 1 aromatic rings. The molecule has 0 amide bonds. The van der Waals surface area contributed by atoms with Crippen LogP contribution in [-0.4, -0.2) is 42.6 Å². The Kier molecular flexibility index (Phi) is 3.22. The summed E-state index contributed by atoms with van der Waals surface area (Å²) in [6.45, 7) is 5.52. The summed E-state index contributed by atoms with van der Waals surface area (Å²) in [6, 6.07) is 4.80. The molecular formula is C11H18N3P. The maximum Gasteiger partial charge on any atom is 0.128 e.